The molecule has 1 aliphatic rings. The van der Waals surface area contributed by atoms with Gasteiger partial charge in [-0.25, -0.2) is 0 Å². The maximum absolute atomic E-state index is 12.4. The zero-order chi connectivity index (χ0) is 15.4. The van der Waals surface area contributed by atoms with Gasteiger partial charge in [0, 0.05) is 12.6 Å². The van der Waals surface area contributed by atoms with E-state index in [1.54, 1.807) is 4.90 Å². The van der Waals surface area contributed by atoms with E-state index in [0.29, 0.717) is 25.8 Å². The zero-order valence-corrected chi connectivity index (χ0v) is 12.2. The number of hydrogen-bond donors (Lipinski definition) is 2. The van der Waals surface area contributed by atoms with Crippen LogP contribution in [-0.4, -0.2) is 40.5 Å². The number of hydrogen-bond acceptors (Lipinski definition) is 3. The first-order valence-corrected chi connectivity index (χ1v) is 7.32. The lowest BCUT2D eigenvalue weighted by Gasteiger charge is -2.37. The fraction of sp³-hybridized carbons (Fsp3) is 0.500. The summed E-state index contributed by atoms with van der Waals surface area (Å²) >= 11 is 0. The van der Waals surface area contributed by atoms with Crippen LogP contribution in [0, 0.1) is 5.92 Å². The van der Waals surface area contributed by atoms with Gasteiger partial charge >= 0.3 is 5.97 Å². The predicted molar refractivity (Wildman–Crippen MR) is 79.7 cm³/mol. The van der Waals surface area contributed by atoms with Crippen molar-refractivity contribution in [3.05, 3.63) is 35.9 Å². The van der Waals surface area contributed by atoms with E-state index in [1.807, 2.05) is 37.3 Å². The summed E-state index contributed by atoms with van der Waals surface area (Å²) in [4.78, 5) is 25.2. The number of aliphatic carboxylic acids is 1. The summed E-state index contributed by atoms with van der Waals surface area (Å²) in [5.74, 6) is -1.22. The Kier molecular flexibility index (Phi) is 4.96. The summed E-state index contributed by atoms with van der Waals surface area (Å²) in [6, 6.07) is 9.03. The Hall–Kier alpha value is -1.88. The number of nitrogens with zero attached hydrogens (tertiary/aromatic N) is 1. The van der Waals surface area contributed by atoms with Crippen LogP contribution in [0.5, 0.6) is 0 Å². The molecule has 0 radical (unpaired) electrons. The van der Waals surface area contributed by atoms with Gasteiger partial charge < -0.3 is 15.7 Å². The van der Waals surface area contributed by atoms with Crippen LogP contribution >= 0.6 is 0 Å². The van der Waals surface area contributed by atoms with E-state index in [9.17, 15) is 9.59 Å². The lowest BCUT2D eigenvalue weighted by Crippen LogP contribution is -2.52. The van der Waals surface area contributed by atoms with E-state index >= 15 is 0 Å². The minimum atomic E-state index is -0.775. The van der Waals surface area contributed by atoms with E-state index in [0.717, 1.165) is 5.56 Å². The van der Waals surface area contributed by atoms with Gasteiger partial charge in [0.2, 0.25) is 5.91 Å². The number of amides is 1. The Morgan fingerprint density at radius 1 is 1.38 bits per heavy atom. The van der Waals surface area contributed by atoms with Crippen molar-refractivity contribution in [2.24, 2.45) is 11.7 Å². The molecule has 1 aromatic rings. The first-order chi connectivity index (χ1) is 9.99. The Bertz CT molecular complexity index is 504. The third-order valence-corrected chi connectivity index (χ3v) is 4.12. The maximum Gasteiger partial charge on any atom is 0.306 e. The molecular weight excluding hydrogens is 268 g/mol. The summed E-state index contributed by atoms with van der Waals surface area (Å²) < 4.78 is 0. The minimum Gasteiger partial charge on any atom is -0.481 e. The lowest BCUT2D eigenvalue weighted by atomic mass is 9.91. The van der Waals surface area contributed by atoms with Crippen molar-refractivity contribution < 1.29 is 14.7 Å². The monoisotopic (exact) mass is 290 g/mol. The summed E-state index contributed by atoms with van der Waals surface area (Å²) in [7, 11) is 0. The van der Waals surface area contributed by atoms with Crippen LogP contribution in [0.4, 0.5) is 0 Å². The van der Waals surface area contributed by atoms with Gasteiger partial charge in [-0.15, -0.1) is 0 Å². The highest BCUT2D eigenvalue weighted by Crippen LogP contribution is 2.23. The molecule has 5 heteroatoms. The van der Waals surface area contributed by atoms with Gasteiger partial charge in [-0.05, 0) is 31.7 Å². The molecule has 21 heavy (non-hydrogen) atoms. The molecule has 1 fully saturated rings. The van der Waals surface area contributed by atoms with Crippen molar-refractivity contribution in [3.63, 3.8) is 0 Å². The molecule has 3 N–H and O–H groups in total. The Labute approximate surface area is 124 Å². The first kappa shape index (κ1) is 15.5. The SMILES string of the molecule is CC1CC(C(=O)O)CCN1C(=O)[C@H](N)Cc1ccccc1. The van der Waals surface area contributed by atoms with E-state index < -0.39 is 12.0 Å². The van der Waals surface area contributed by atoms with Crippen LogP contribution in [0.3, 0.4) is 0 Å². The molecule has 0 spiro atoms. The predicted octanol–water partition coefficient (Wildman–Crippen LogP) is 1.27. The van der Waals surface area contributed by atoms with Crippen LogP contribution in [0.2, 0.25) is 0 Å². The Balaban J connectivity index is 1.95. The molecule has 0 aromatic heterocycles. The second kappa shape index (κ2) is 6.72. The summed E-state index contributed by atoms with van der Waals surface area (Å²) in [6.07, 6.45) is 1.51. The molecule has 1 saturated heterocycles. The van der Waals surface area contributed by atoms with Crippen LogP contribution in [0.25, 0.3) is 0 Å². The number of carbonyl (C=O) groups is 2. The standard InChI is InChI=1S/C16H22N2O3/c1-11-9-13(16(20)21)7-8-18(11)15(19)14(17)10-12-5-3-2-4-6-12/h2-6,11,13-14H,7-10,17H2,1H3,(H,20,21)/t11?,13?,14-/m1/s1. The average Bonchev–Trinajstić information content (AvgIpc) is 2.47. The average molecular weight is 290 g/mol. The molecule has 0 bridgehead atoms. The highest BCUT2D eigenvalue weighted by atomic mass is 16.4. The molecule has 1 heterocycles. The van der Waals surface area contributed by atoms with Gasteiger partial charge in [-0.2, -0.15) is 0 Å². The molecular formula is C16H22N2O3. The Morgan fingerprint density at radius 2 is 2.05 bits per heavy atom. The molecule has 0 saturated carbocycles. The molecule has 1 aliphatic heterocycles. The van der Waals surface area contributed by atoms with Crippen LogP contribution in [0.15, 0.2) is 30.3 Å². The van der Waals surface area contributed by atoms with E-state index in [-0.39, 0.29) is 17.9 Å². The topological polar surface area (TPSA) is 83.6 Å². The smallest absolute Gasteiger partial charge is 0.306 e. The lowest BCUT2D eigenvalue weighted by molar-refractivity contribution is -0.147. The number of carboxylic acid groups (broad SMARTS) is 1. The third kappa shape index (κ3) is 3.82. The van der Waals surface area contributed by atoms with E-state index in [1.165, 1.54) is 0 Å². The number of nitrogens with two attached hydrogens (primary N) is 1. The van der Waals surface area contributed by atoms with Crippen molar-refractivity contribution in [1.29, 1.82) is 0 Å². The zero-order valence-electron chi connectivity index (χ0n) is 12.2. The molecule has 5 nitrogen and oxygen atoms in total. The van der Waals surface area contributed by atoms with Crippen molar-refractivity contribution in [1.82, 2.24) is 4.90 Å². The number of carboxylic acids is 1. The van der Waals surface area contributed by atoms with Crippen molar-refractivity contribution >= 4 is 11.9 Å². The maximum atomic E-state index is 12.4. The van der Waals surface area contributed by atoms with Gasteiger partial charge in [-0.3, -0.25) is 9.59 Å². The van der Waals surface area contributed by atoms with Gasteiger partial charge in [0.1, 0.15) is 0 Å². The molecule has 1 aromatic carbocycles. The quantitative estimate of drug-likeness (QED) is 0.874. The number of likely N-dealkylation sites (tertiary alicyclic amines) is 1. The fourth-order valence-electron chi connectivity index (χ4n) is 2.89. The van der Waals surface area contributed by atoms with Crippen molar-refractivity contribution in [2.45, 2.75) is 38.3 Å². The molecule has 2 rings (SSSR count). The molecule has 114 valence electrons. The van der Waals surface area contributed by atoms with Crippen LogP contribution in [-0.2, 0) is 16.0 Å². The summed E-state index contributed by atoms with van der Waals surface area (Å²) in [6.45, 7) is 2.36. The summed E-state index contributed by atoms with van der Waals surface area (Å²) in [5.41, 5.74) is 7.06. The highest BCUT2D eigenvalue weighted by molar-refractivity contribution is 5.82. The van der Waals surface area contributed by atoms with Crippen LogP contribution in [0.1, 0.15) is 25.3 Å². The molecule has 3 atom stereocenters. The minimum absolute atomic E-state index is 0.0748. The second-order valence-electron chi connectivity index (χ2n) is 5.74. The molecule has 1 amide bonds. The largest absolute Gasteiger partial charge is 0.481 e. The number of carbonyl (C=O) groups excluding carboxylic acids is 1. The van der Waals surface area contributed by atoms with Gasteiger partial charge in [0.05, 0.1) is 12.0 Å². The first-order valence-electron chi connectivity index (χ1n) is 7.32. The number of rotatable bonds is 4. The normalized spacial score (nSPS) is 23.6. The number of benzene rings is 1. The fourth-order valence-corrected chi connectivity index (χ4v) is 2.89. The number of piperidine rings is 1. The highest BCUT2D eigenvalue weighted by Gasteiger charge is 2.33. The van der Waals surface area contributed by atoms with Gasteiger partial charge in [0.25, 0.3) is 0 Å². The van der Waals surface area contributed by atoms with Crippen molar-refractivity contribution in [2.75, 3.05) is 6.54 Å². The molecule has 0 aliphatic carbocycles. The van der Waals surface area contributed by atoms with Crippen LogP contribution < -0.4 is 5.73 Å². The second-order valence-corrected chi connectivity index (χ2v) is 5.74. The van der Waals surface area contributed by atoms with Crippen molar-refractivity contribution in [3.8, 4) is 0 Å². The third-order valence-electron chi connectivity index (χ3n) is 4.12. The summed E-state index contributed by atoms with van der Waals surface area (Å²) in [5, 5.41) is 9.06. The van der Waals surface area contributed by atoms with Gasteiger partial charge in [-0.1, -0.05) is 30.3 Å². The Morgan fingerprint density at radius 3 is 2.62 bits per heavy atom. The van der Waals surface area contributed by atoms with E-state index in [4.69, 9.17) is 10.8 Å². The molecule has 2 unspecified atom stereocenters. The van der Waals surface area contributed by atoms with E-state index in [2.05, 4.69) is 0 Å². The van der Waals surface area contributed by atoms with Gasteiger partial charge in [0.15, 0.2) is 0 Å².